The molecule has 5 rings (SSSR count). The van der Waals surface area contributed by atoms with Crippen molar-refractivity contribution in [1.82, 2.24) is 0 Å². The topological polar surface area (TPSA) is 27.7 Å². The van der Waals surface area contributed by atoms with Crippen LogP contribution in [0.25, 0.3) is 11.1 Å². The second-order valence-corrected chi connectivity index (χ2v) is 12.3. The van der Waals surface area contributed by atoms with Crippen molar-refractivity contribution >= 4 is 0 Å². The lowest BCUT2D eigenvalue weighted by Gasteiger charge is -2.38. The van der Waals surface area contributed by atoms with Crippen LogP contribution >= 0.6 is 0 Å². The second-order valence-electron chi connectivity index (χ2n) is 12.3. The zero-order valence-corrected chi connectivity index (χ0v) is 25.6. The van der Waals surface area contributed by atoms with Gasteiger partial charge in [-0.05, 0) is 60.6 Å². The SMILES string of the molecule is CCCCCC1CCC(C2COC(c3ccc(-c4cc(F)c(C(F)(F)Oc5ccc(C(F)(F)F)c(F)c5)c(F)c4)c(F)c3)OC2)CC1. The molecule has 0 N–H and O–H groups in total. The number of halogens is 9. The molecule has 0 bridgehead atoms. The summed E-state index contributed by atoms with van der Waals surface area (Å²) in [7, 11) is 0. The van der Waals surface area contributed by atoms with Gasteiger partial charge in [-0.15, -0.1) is 0 Å². The number of rotatable bonds is 10. The maximum Gasteiger partial charge on any atom is 0.432 e. The van der Waals surface area contributed by atoms with E-state index in [-0.39, 0.29) is 23.6 Å². The standard InChI is InChI=1S/C35H35F9O3/c1-2-3-4-5-20-6-8-21(9-7-20)24-18-45-33(46-19-24)22-10-12-26(28(36)14-22)23-15-30(38)32(31(39)16-23)35(43,44)47-25-11-13-27(29(37)17-25)34(40,41)42/h10-17,20-21,24,33H,2-9,18-19H2,1H3. The third-order valence-electron chi connectivity index (χ3n) is 9.10. The minimum atomic E-state index is -5.10. The van der Waals surface area contributed by atoms with Gasteiger partial charge in [-0.3, -0.25) is 0 Å². The van der Waals surface area contributed by atoms with Crippen LogP contribution in [0, 0.1) is 41.0 Å². The molecule has 0 radical (unpaired) electrons. The molecule has 0 spiro atoms. The fourth-order valence-electron chi connectivity index (χ4n) is 6.52. The average Bonchev–Trinajstić information content (AvgIpc) is 3.00. The molecular formula is C35H35F9O3. The third kappa shape index (κ3) is 8.25. The molecule has 2 aliphatic rings. The maximum atomic E-state index is 15.2. The van der Waals surface area contributed by atoms with Gasteiger partial charge in [0.2, 0.25) is 0 Å². The summed E-state index contributed by atoms with van der Waals surface area (Å²) >= 11 is 0. The number of unbranched alkanes of at least 4 members (excludes halogenated alkanes) is 2. The highest BCUT2D eigenvalue weighted by Crippen LogP contribution is 2.41. The molecule has 0 aromatic heterocycles. The van der Waals surface area contributed by atoms with Crippen molar-refractivity contribution in [2.75, 3.05) is 13.2 Å². The molecule has 1 heterocycles. The summed E-state index contributed by atoms with van der Waals surface area (Å²) in [4.78, 5) is 0. The van der Waals surface area contributed by atoms with Crippen molar-refractivity contribution in [1.29, 1.82) is 0 Å². The molecule has 1 aliphatic heterocycles. The van der Waals surface area contributed by atoms with Crippen molar-refractivity contribution in [3.05, 3.63) is 88.5 Å². The van der Waals surface area contributed by atoms with Gasteiger partial charge < -0.3 is 14.2 Å². The molecule has 12 heteroatoms. The first kappa shape index (κ1) is 35.1. The van der Waals surface area contributed by atoms with E-state index in [1.165, 1.54) is 50.7 Å². The number of hydrogen-bond acceptors (Lipinski definition) is 3. The number of benzene rings is 3. The van der Waals surface area contributed by atoms with Crippen LogP contribution in [-0.2, 0) is 21.8 Å². The fraction of sp³-hybridized carbons (Fsp3) is 0.486. The lowest BCUT2D eigenvalue weighted by molar-refractivity contribution is -0.214. The molecule has 3 aromatic rings. The van der Waals surface area contributed by atoms with Gasteiger partial charge in [0.1, 0.15) is 34.6 Å². The van der Waals surface area contributed by atoms with E-state index >= 15 is 4.39 Å². The monoisotopic (exact) mass is 674 g/mol. The highest BCUT2D eigenvalue weighted by atomic mass is 19.4. The van der Waals surface area contributed by atoms with E-state index in [9.17, 15) is 35.1 Å². The highest BCUT2D eigenvalue weighted by molar-refractivity contribution is 5.65. The normalized spacial score (nSPS) is 22.3. The van der Waals surface area contributed by atoms with Crippen molar-refractivity contribution in [3.63, 3.8) is 0 Å². The van der Waals surface area contributed by atoms with Crippen molar-refractivity contribution in [3.8, 4) is 16.9 Å². The molecule has 1 saturated heterocycles. The molecule has 1 aliphatic carbocycles. The molecule has 3 nitrogen and oxygen atoms in total. The van der Waals surface area contributed by atoms with E-state index in [4.69, 9.17) is 9.47 Å². The lowest BCUT2D eigenvalue weighted by Crippen LogP contribution is -2.34. The molecule has 47 heavy (non-hydrogen) atoms. The van der Waals surface area contributed by atoms with E-state index in [1.54, 1.807) is 0 Å². The van der Waals surface area contributed by atoms with Gasteiger partial charge >= 0.3 is 12.3 Å². The third-order valence-corrected chi connectivity index (χ3v) is 9.10. The van der Waals surface area contributed by atoms with Crippen molar-refractivity contribution in [2.45, 2.75) is 76.9 Å². The van der Waals surface area contributed by atoms with Crippen molar-refractivity contribution < 1.29 is 53.7 Å². The Morgan fingerprint density at radius 1 is 0.723 bits per heavy atom. The Morgan fingerprint density at radius 3 is 1.96 bits per heavy atom. The van der Waals surface area contributed by atoms with E-state index in [0.717, 1.165) is 24.8 Å². The van der Waals surface area contributed by atoms with Crippen LogP contribution in [0.3, 0.4) is 0 Å². The van der Waals surface area contributed by atoms with Gasteiger partial charge in [0.15, 0.2) is 6.29 Å². The Labute approximate surface area is 267 Å². The van der Waals surface area contributed by atoms with E-state index in [0.29, 0.717) is 42.9 Å². The van der Waals surface area contributed by atoms with Crippen LogP contribution in [-0.4, -0.2) is 13.2 Å². The summed E-state index contributed by atoms with van der Waals surface area (Å²) in [6.45, 7) is 3.10. The van der Waals surface area contributed by atoms with Crippen LogP contribution in [0.5, 0.6) is 5.75 Å². The minimum Gasteiger partial charge on any atom is -0.429 e. The van der Waals surface area contributed by atoms with Crippen LogP contribution in [0.2, 0.25) is 0 Å². The molecule has 0 atom stereocenters. The molecule has 256 valence electrons. The highest BCUT2D eigenvalue weighted by Gasteiger charge is 2.42. The molecule has 0 unspecified atom stereocenters. The fourth-order valence-corrected chi connectivity index (χ4v) is 6.52. The quantitative estimate of drug-likeness (QED) is 0.158. The van der Waals surface area contributed by atoms with Crippen LogP contribution < -0.4 is 4.74 Å². The second kappa shape index (κ2) is 14.5. The van der Waals surface area contributed by atoms with Crippen LogP contribution in [0.1, 0.15) is 81.3 Å². The Hall–Kier alpha value is -3.25. The molecule has 3 aromatic carbocycles. The summed E-state index contributed by atoms with van der Waals surface area (Å²) in [5.41, 5.74) is -3.98. The van der Waals surface area contributed by atoms with Gasteiger partial charge in [-0.25, -0.2) is 17.6 Å². The number of hydrogen-bond donors (Lipinski definition) is 0. The summed E-state index contributed by atoms with van der Waals surface area (Å²) in [6, 6.07) is 5.27. The zero-order chi connectivity index (χ0) is 33.9. The Kier molecular flexibility index (Phi) is 10.8. The zero-order valence-electron chi connectivity index (χ0n) is 25.6. The Morgan fingerprint density at radius 2 is 1.38 bits per heavy atom. The first-order valence-corrected chi connectivity index (χ1v) is 15.7. The molecule has 2 fully saturated rings. The number of ether oxygens (including phenoxy) is 3. The summed E-state index contributed by atoms with van der Waals surface area (Å²) in [5.74, 6) is -6.06. The van der Waals surface area contributed by atoms with E-state index in [2.05, 4.69) is 11.7 Å². The predicted octanol–water partition coefficient (Wildman–Crippen LogP) is 11.1. The van der Waals surface area contributed by atoms with Crippen LogP contribution in [0.4, 0.5) is 39.5 Å². The summed E-state index contributed by atoms with van der Waals surface area (Å²) in [6.07, 6.45) is -1.02. The maximum absolute atomic E-state index is 15.2. The number of alkyl halides is 5. The smallest absolute Gasteiger partial charge is 0.429 e. The minimum absolute atomic E-state index is 0.0260. The molecular weight excluding hydrogens is 639 g/mol. The summed E-state index contributed by atoms with van der Waals surface area (Å²) in [5, 5.41) is 0. The van der Waals surface area contributed by atoms with E-state index < -0.39 is 64.3 Å². The lowest BCUT2D eigenvalue weighted by atomic mass is 9.74. The largest absolute Gasteiger partial charge is 0.432 e. The van der Waals surface area contributed by atoms with Crippen molar-refractivity contribution in [2.24, 2.45) is 17.8 Å². The van der Waals surface area contributed by atoms with E-state index in [1.807, 2.05) is 0 Å². The Bertz CT molecular complexity index is 1500. The van der Waals surface area contributed by atoms with Gasteiger partial charge in [-0.1, -0.05) is 57.6 Å². The van der Waals surface area contributed by atoms with Gasteiger partial charge in [0.05, 0.1) is 18.8 Å². The van der Waals surface area contributed by atoms with Gasteiger partial charge in [0.25, 0.3) is 0 Å². The van der Waals surface area contributed by atoms with Crippen LogP contribution in [0.15, 0.2) is 48.5 Å². The predicted molar refractivity (Wildman–Crippen MR) is 155 cm³/mol. The van der Waals surface area contributed by atoms with Gasteiger partial charge in [-0.2, -0.15) is 22.0 Å². The molecule has 1 saturated carbocycles. The van der Waals surface area contributed by atoms with Gasteiger partial charge in [0, 0.05) is 23.1 Å². The summed E-state index contributed by atoms with van der Waals surface area (Å²) < 4.78 is 143. The first-order valence-electron chi connectivity index (χ1n) is 15.7. The Balaban J connectivity index is 1.22. The average molecular weight is 675 g/mol. The first-order chi connectivity index (χ1) is 22.3. The molecule has 0 amide bonds.